The minimum Gasteiger partial charge on any atom is -0.296 e. The standard InChI is InChI=1S/C17H11N2O.Y/c18-16(17(20)12-6-2-1-3-7-12)14-10-11-19-15-9-5-4-8-13(14)15;/h2-11,18H;/q-1;. The molecule has 1 radical (unpaired) electrons. The number of hydrogen-bond acceptors (Lipinski definition) is 3. The predicted molar refractivity (Wildman–Crippen MR) is 78.2 cm³/mol. The van der Waals surface area contributed by atoms with Crippen LogP contribution < -0.4 is 0 Å². The van der Waals surface area contributed by atoms with E-state index >= 15 is 0 Å². The maximum atomic E-state index is 12.3. The van der Waals surface area contributed by atoms with Crippen LogP contribution in [0.1, 0.15) is 15.9 Å². The van der Waals surface area contributed by atoms with E-state index in [9.17, 15) is 4.79 Å². The molecular formula is C17H11N2OY-. The number of nitrogens with one attached hydrogen (secondary N) is 1. The molecule has 2 aromatic carbocycles. The number of benzene rings is 2. The van der Waals surface area contributed by atoms with Crippen molar-refractivity contribution >= 4 is 22.4 Å². The van der Waals surface area contributed by atoms with Crippen LogP contribution in [0.5, 0.6) is 0 Å². The molecule has 0 spiro atoms. The van der Waals surface area contributed by atoms with E-state index in [1.165, 1.54) is 0 Å². The molecule has 0 fully saturated rings. The number of hydrogen-bond donors (Lipinski definition) is 1. The van der Waals surface area contributed by atoms with Crippen LogP contribution in [-0.2, 0) is 32.7 Å². The normalized spacial score (nSPS) is 9.90. The van der Waals surface area contributed by atoms with Crippen molar-refractivity contribution < 1.29 is 37.5 Å². The third kappa shape index (κ3) is 3.15. The second-order valence-corrected chi connectivity index (χ2v) is 4.37. The Bertz CT molecular complexity index is 795. The van der Waals surface area contributed by atoms with Gasteiger partial charge in [-0.3, -0.25) is 15.2 Å². The number of nitrogens with zero attached hydrogens (tertiary/aromatic N) is 1. The molecule has 0 saturated heterocycles. The molecule has 1 N–H and O–H groups in total. The Morgan fingerprint density at radius 2 is 1.76 bits per heavy atom. The Hall–Kier alpha value is -1.71. The first-order valence-corrected chi connectivity index (χ1v) is 6.21. The molecule has 4 heteroatoms. The van der Waals surface area contributed by atoms with Gasteiger partial charge in [0.25, 0.3) is 0 Å². The van der Waals surface area contributed by atoms with Crippen LogP contribution in [0.25, 0.3) is 10.9 Å². The molecule has 1 heterocycles. The first kappa shape index (κ1) is 15.7. The molecular weight excluding hydrogens is 337 g/mol. The first-order chi connectivity index (χ1) is 9.77. The number of carbonyl (C=O) groups is 1. The quantitative estimate of drug-likeness (QED) is 0.449. The molecule has 0 bridgehead atoms. The van der Waals surface area contributed by atoms with Gasteiger partial charge in [0.05, 0.1) is 5.52 Å². The van der Waals surface area contributed by atoms with Crippen molar-refractivity contribution in [2.45, 2.75) is 0 Å². The summed E-state index contributed by atoms with van der Waals surface area (Å²) in [6.07, 6.45) is 1.62. The van der Waals surface area contributed by atoms with Crippen molar-refractivity contribution in [3.63, 3.8) is 0 Å². The van der Waals surface area contributed by atoms with E-state index in [0.717, 1.165) is 10.9 Å². The summed E-state index contributed by atoms with van der Waals surface area (Å²) in [5, 5.41) is 8.98. The van der Waals surface area contributed by atoms with Gasteiger partial charge in [0.1, 0.15) is 5.71 Å². The van der Waals surface area contributed by atoms with Crippen LogP contribution >= 0.6 is 0 Å². The van der Waals surface area contributed by atoms with E-state index in [1.807, 2.05) is 24.3 Å². The Labute approximate surface area is 147 Å². The average Bonchev–Trinajstić information content (AvgIpc) is 2.54. The van der Waals surface area contributed by atoms with E-state index in [4.69, 9.17) is 5.41 Å². The molecule has 0 aliphatic carbocycles. The SMILES string of the molecule is N=C(C(=O)c1cc[c-]cc1)c1ccnc2ccccc12.[Y]. The first-order valence-electron chi connectivity index (χ1n) is 6.21. The number of rotatable bonds is 3. The van der Waals surface area contributed by atoms with E-state index in [2.05, 4.69) is 11.1 Å². The number of aromatic nitrogens is 1. The van der Waals surface area contributed by atoms with Gasteiger partial charge in [0.2, 0.25) is 0 Å². The van der Waals surface area contributed by atoms with Crippen molar-refractivity contribution in [2.24, 2.45) is 0 Å². The smallest absolute Gasteiger partial charge is 0.187 e. The van der Waals surface area contributed by atoms with Crippen molar-refractivity contribution in [3.05, 3.63) is 78.0 Å². The Morgan fingerprint density at radius 1 is 1.05 bits per heavy atom. The summed E-state index contributed by atoms with van der Waals surface area (Å²) < 4.78 is 0. The van der Waals surface area contributed by atoms with Crippen molar-refractivity contribution in [3.8, 4) is 0 Å². The van der Waals surface area contributed by atoms with Crippen molar-refractivity contribution in [2.75, 3.05) is 0 Å². The molecule has 3 nitrogen and oxygen atoms in total. The fourth-order valence-corrected chi connectivity index (χ4v) is 2.12. The zero-order chi connectivity index (χ0) is 13.9. The number of fused-ring (bicyclic) bond motifs is 1. The third-order valence-corrected chi connectivity index (χ3v) is 3.13. The van der Waals surface area contributed by atoms with Crippen LogP contribution in [0, 0.1) is 11.5 Å². The average molecular weight is 348 g/mol. The van der Waals surface area contributed by atoms with Gasteiger partial charge in [0, 0.05) is 49.9 Å². The van der Waals surface area contributed by atoms with Gasteiger partial charge < -0.3 is 0 Å². The summed E-state index contributed by atoms with van der Waals surface area (Å²) in [5.41, 5.74) is 1.86. The van der Waals surface area contributed by atoms with Crippen LogP contribution in [0.2, 0.25) is 0 Å². The number of ketones is 1. The maximum absolute atomic E-state index is 12.3. The topological polar surface area (TPSA) is 53.8 Å². The van der Waals surface area contributed by atoms with E-state index in [-0.39, 0.29) is 44.2 Å². The van der Waals surface area contributed by atoms with Crippen LogP contribution in [0.3, 0.4) is 0 Å². The molecule has 0 saturated carbocycles. The summed E-state index contributed by atoms with van der Waals surface area (Å²) in [6.45, 7) is 0. The minimum atomic E-state index is -0.296. The van der Waals surface area contributed by atoms with Crippen LogP contribution in [0.4, 0.5) is 0 Å². The van der Waals surface area contributed by atoms with Gasteiger partial charge in [-0.15, -0.1) is 0 Å². The number of pyridine rings is 1. The molecule has 0 aliphatic rings. The summed E-state index contributed by atoms with van der Waals surface area (Å²) in [6, 6.07) is 18.8. The Morgan fingerprint density at radius 3 is 2.52 bits per heavy atom. The molecule has 21 heavy (non-hydrogen) atoms. The Balaban J connectivity index is 0.00000161. The van der Waals surface area contributed by atoms with E-state index in [1.54, 1.807) is 36.5 Å². The summed E-state index contributed by atoms with van der Waals surface area (Å²) in [4.78, 5) is 16.6. The van der Waals surface area contributed by atoms with Gasteiger partial charge in [-0.1, -0.05) is 23.8 Å². The second-order valence-electron chi connectivity index (χ2n) is 4.37. The van der Waals surface area contributed by atoms with Crippen molar-refractivity contribution in [1.29, 1.82) is 5.41 Å². The molecule has 0 atom stereocenters. The van der Waals surface area contributed by atoms with E-state index < -0.39 is 0 Å². The van der Waals surface area contributed by atoms with Crippen molar-refractivity contribution in [1.82, 2.24) is 4.98 Å². The predicted octanol–water partition coefficient (Wildman–Crippen LogP) is 3.28. The fraction of sp³-hybridized carbons (Fsp3) is 0. The summed E-state index contributed by atoms with van der Waals surface area (Å²) in [5.74, 6) is -0.296. The molecule has 0 unspecified atom stereocenters. The van der Waals surface area contributed by atoms with E-state index in [0.29, 0.717) is 11.1 Å². The summed E-state index contributed by atoms with van der Waals surface area (Å²) >= 11 is 0. The fourth-order valence-electron chi connectivity index (χ4n) is 2.12. The number of carbonyl (C=O) groups excluding carboxylic acids is 1. The van der Waals surface area contributed by atoms with Crippen LogP contribution in [-0.4, -0.2) is 16.5 Å². The minimum absolute atomic E-state index is 0. The zero-order valence-electron chi connectivity index (χ0n) is 11.2. The molecule has 3 aromatic rings. The second kappa shape index (κ2) is 6.83. The zero-order valence-corrected chi connectivity index (χ0v) is 14.0. The molecule has 3 rings (SSSR count). The van der Waals surface area contributed by atoms with Gasteiger partial charge in [-0.25, -0.2) is 0 Å². The van der Waals surface area contributed by atoms with Gasteiger partial charge in [-0.2, -0.15) is 30.3 Å². The van der Waals surface area contributed by atoms with Gasteiger partial charge in [-0.05, 0) is 12.1 Å². The number of Topliss-reactive ketones (excluding diaryl/α,β-unsaturated/α-hetero) is 1. The molecule has 99 valence electrons. The largest absolute Gasteiger partial charge is 0.296 e. The Kier molecular flexibility index (Phi) is 5.10. The third-order valence-electron chi connectivity index (χ3n) is 3.13. The van der Waals surface area contributed by atoms with Gasteiger partial charge in [0.15, 0.2) is 5.78 Å². The number of para-hydroxylation sites is 1. The maximum Gasteiger partial charge on any atom is 0.187 e. The van der Waals surface area contributed by atoms with Crippen LogP contribution in [0.15, 0.2) is 60.8 Å². The monoisotopic (exact) mass is 348 g/mol. The molecule has 1 aromatic heterocycles. The summed E-state index contributed by atoms with van der Waals surface area (Å²) in [7, 11) is 0. The molecule has 0 aliphatic heterocycles. The van der Waals surface area contributed by atoms with Gasteiger partial charge >= 0.3 is 0 Å². The molecule has 0 amide bonds.